The van der Waals surface area contributed by atoms with Gasteiger partial charge in [0.05, 0.1) is 11.6 Å². The van der Waals surface area contributed by atoms with Gasteiger partial charge in [-0.15, -0.1) is 0 Å². The number of nitrogens with zero attached hydrogens (tertiary/aromatic N) is 3. The predicted octanol–water partition coefficient (Wildman–Crippen LogP) is 5.35. The largest absolute Gasteiger partial charge is 0.341 e. The average molecular weight is 458 g/mol. The van der Waals surface area contributed by atoms with Crippen LogP contribution in [0.4, 0.5) is 0 Å². The molecule has 1 saturated carbocycles. The number of hydrogen-bond acceptors (Lipinski definition) is 2. The summed E-state index contributed by atoms with van der Waals surface area (Å²) in [5, 5.41) is 4.37. The Morgan fingerprint density at radius 3 is 2.55 bits per heavy atom. The summed E-state index contributed by atoms with van der Waals surface area (Å²) >= 11 is 3.62. The Labute approximate surface area is 182 Å². The molecule has 2 aliphatic rings. The minimum absolute atomic E-state index is 0.0458. The molecule has 2 heterocycles. The van der Waals surface area contributed by atoms with E-state index in [9.17, 15) is 4.79 Å². The van der Waals surface area contributed by atoms with E-state index in [-0.39, 0.29) is 10.8 Å². The Bertz CT molecular complexity index is 911. The predicted molar refractivity (Wildman–Crippen MR) is 120 cm³/mol. The first-order chi connectivity index (χ1) is 13.7. The van der Waals surface area contributed by atoms with Gasteiger partial charge in [0.2, 0.25) is 5.91 Å². The van der Waals surface area contributed by atoms with E-state index < -0.39 is 0 Å². The number of hydrogen-bond donors (Lipinski definition) is 0. The highest BCUT2D eigenvalue weighted by Crippen LogP contribution is 2.47. The zero-order valence-corrected chi connectivity index (χ0v) is 19.6. The van der Waals surface area contributed by atoms with Gasteiger partial charge in [-0.2, -0.15) is 5.10 Å². The summed E-state index contributed by atoms with van der Waals surface area (Å²) in [4.78, 5) is 16.2. The van der Waals surface area contributed by atoms with Gasteiger partial charge in [0.1, 0.15) is 0 Å². The maximum atomic E-state index is 14.1. The Morgan fingerprint density at radius 2 is 1.93 bits per heavy atom. The van der Waals surface area contributed by atoms with E-state index in [1.165, 1.54) is 23.1 Å². The van der Waals surface area contributed by atoms with Gasteiger partial charge < -0.3 is 4.90 Å². The molecule has 1 aliphatic carbocycles. The van der Waals surface area contributed by atoms with Gasteiger partial charge in [-0.3, -0.25) is 9.48 Å². The highest BCUT2D eigenvalue weighted by Gasteiger charge is 2.49. The van der Waals surface area contributed by atoms with Crippen molar-refractivity contribution in [3.05, 3.63) is 51.8 Å². The van der Waals surface area contributed by atoms with E-state index in [0.29, 0.717) is 11.8 Å². The zero-order valence-electron chi connectivity index (χ0n) is 18.0. The average Bonchev–Trinajstić information content (AvgIpc) is 3.26. The maximum Gasteiger partial charge on any atom is 0.233 e. The van der Waals surface area contributed by atoms with Crippen molar-refractivity contribution in [1.29, 1.82) is 0 Å². The summed E-state index contributed by atoms with van der Waals surface area (Å²) in [5.74, 6) is 0.658. The maximum absolute atomic E-state index is 14.1. The third-order valence-electron chi connectivity index (χ3n) is 7.19. The number of amides is 1. The Balaban J connectivity index is 1.67. The van der Waals surface area contributed by atoms with Crippen LogP contribution in [0.1, 0.15) is 68.6 Å². The second-order valence-electron chi connectivity index (χ2n) is 9.78. The minimum Gasteiger partial charge on any atom is -0.341 e. The van der Waals surface area contributed by atoms with Crippen molar-refractivity contribution in [1.82, 2.24) is 14.7 Å². The Morgan fingerprint density at radius 1 is 1.21 bits per heavy atom. The zero-order chi connectivity index (χ0) is 20.8. The lowest BCUT2D eigenvalue weighted by Crippen LogP contribution is -2.47. The van der Waals surface area contributed by atoms with Crippen LogP contribution in [-0.4, -0.2) is 33.7 Å². The molecule has 0 radical (unpaired) electrons. The van der Waals surface area contributed by atoms with Crippen molar-refractivity contribution in [2.45, 2.75) is 64.2 Å². The molecule has 156 valence electrons. The second kappa shape index (κ2) is 7.57. The first-order valence-corrected chi connectivity index (χ1v) is 11.6. The van der Waals surface area contributed by atoms with Crippen LogP contribution in [0.2, 0.25) is 0 Å². The number of aromatic nitrogens is 2. The van der Waals surface area contributed by atoms with Gasteiger partial charge in [0.15, 0.2) is 0 Å². The molecule has 1 aliphatic heterocycles. The third-order valence-corrected chi connectivity index (χ3v) is 8.08. The van der Waals surface area contributed by atoms with E-state index in [2.05, 4.69) is 71.1 Å². The standard InChI is InChI=1S/C24H32BrN3O/c1-17-12-19(8-9-21(17)25)24(10-6-5-7-11-24)22(29)28-15-20(23(2,3)16-28)18-13-26-27(4)14-18/h8-9,12-14,20H,5-7,10-11,15-16H2,1-4H3. The summed E-state index contributed by atoms with van der Waals surface area (Å²) in [6.07, 6.45) is 9.48. The van der Waals surface area contributed by atoms with E-state index in [4.69, 9.17) is 0 Å². The first kappa shape index (κ1) is 20.6. The SMILES string of the molecule is Cc1cc(C2(C(=O)N3CC(c4cnn(C)c4)C(C)(C)C3)CCCCC2)ccc1Br. The summed E-state index contributed by atoms with van der Waals surface area (Å²) in [6.45, 7) is 8.29. The summed E-state index contributed by atoms with van der Waals surface area (Å²) < 4.78 is 2.97. The summed E-state index contributed by atoms with van der Waals surface area (Å²) in [7, 11) is 1.96. The van der Waals surface area contributed by atoms with Crippen molar-refractivity contribution in [2.24, 2.45) is 12.5 Å². The molecule has 5 heteroatoms. The van der Waals surface area contributed by atoms with Gasteiger partial charge in [-0.25, -0.2) is 0 Å². The highest BCUT2D eigenvalue weighted by molar-refractivity contribution is 9.10. The van der Waals surface area contributed by atoms with Gasteiger partial charge in [0, 0.05) is 36.7 Å². The molecule has 0 N–H and O–H groups in total. The topological polar surface area (TPSA) is 38.1 Å². The number of carbonyl (C=O) groups excluding carboxylic acids is 1. The molecule has 0 bridgehead atoms. The summed E-state index contributed by atoms with van der Waals surface area (Å²) in [6, 6.07) is 6.51. The van der Waals surface area contributed by atoms with Gasteiger partial charge in [-0.05, 0) is 47.9 Å². The number of aryl methyl sites for hydroxylation is 2. The van der Waals surface area contributed by atoms with Crippen LogP contribution in [0.15, 0.2) is 35.1 Å². The molecule has 0 spiro atoms. The first-order valence-electron chi connectivity index (χ1n) is 10.8. The number of carbonyl (C=O) groups is 1. The smallest absolute Gasteiger partial charge is 0.233 e. The van der Waals surface area contributed by atoms with Gasteiger partial charge >= 0.3 is 0 Å². The number of halogens is 1. The number of likely N-dealkylation sites (tertiary alicyclic amines) is 1. The van der Waals surface area contributed by atoms with Crippen molar-refractivity contribution in [3.8, 4) is 0 Å². The Hall–Kier alpha value is -1.62. The quantitative estimate of drug-likeness (QED) is 0.623. The second-order valence-corrected chi connectivity index (χ2v) is 10.6. The van der Waals surface area contributed by atoms with Gasteiger partial charge in [0.25, 0.3) is 0 Å². The van der Waals surface area contributed by atoms with Crippen LogP contribution in [0, 0.1) is 12.3 Å². The number of rotatable bonds is 3. The van der Waals surface area contributed by atoms with Crippen LogP contribution in [0.3, 0.4) is 0 Å². The van der Waals surface area contributed by atoms with Crippen molar-refractivity contribution >= 4 is 21.8 Å². The number of benzene rings is 1. The Kier molecular flexibility index (Phi) is 5.39. The lowest BCUT2D eigenvalue weighted by molar-refractivity contribution is -0.138. The molecule has 1 saturated heterocycles. The van der Waals surface area contributed by atoms with Crippen LogP contribution < -0.4 is 0 Å². The molecular weight excluding hydrogens is 426 g/mol. The molecule has 4 rings (SSSR count). The monoisotopic (exact) mass is 457 g/mol. The van der Waals surface area contributed by atoms with Gasteiger partial charge in [-0.1, -0.05) is 61.2 Å². The molecule has 1 amide bonds. The van der Waals surface area contributed by atoms with Crippen LogP contribution in [0.5, 0.6) is 0 Å². The fourth-order valence-electron chi connectivity index (χ4n) is 5.49. The molecule has 1 aromatic heterocycles. The van der Waals surface area contributed by atoms with E-state index in [1.54, 1.807) is 0 Å². The molecule has 1 atom stereocenters. The van der Waals surface area contributed by atoms with Crippen LogP contribution in [-0.2, 0) is 17.3 Å². The molecule has 2 aromatic rings. The van der Waals surface area contributed by atoms with Crippen LogP contribution in [0.25, 0.3) is 0 Å². The normalized spacial score (nSPS) is 23.3. The van der Waals surface area contributed by atoms with E-state index in [1.807, 2.05) is 17.9 Å². The fraction of sp³-hybridized carbons (Fsp3) is 0.583. The van der Waals surface area contributed by atoms with Crippen LogP contribution >= 0.6 is 15.9 Å². The van der Waals surface area contributed by atoms with E-state index in [0.717, 1.165) is 43.2 Å². The lowest BCUT2D eigenvalue weighted by atomic mass is 9.68. The lowest BCUT2D eigenvalue weighted by Gasteiger charge is -2.39. The molecule has 29 heavy (non-hydrogen) atoms. The van der Waals surface area contributed by atoms with Crippen molar-refractivity contribution in [2.75, 3.05) is 13.1 Å². The van der Waals surface area contributed by atoms with E-state index >= 15 is 0 Å². The molecule has 1 aromatic carbocycles. The molecule has 1 unspecified atom stereocenters. The summed E-state index contributed by atoms with van der Waals surface area (Å²) in [5.41, 5.74) is 3.32. The molecular formula is C24H32BrN3O. The molecule has 4 nitrogen and oxygen atoms in total. The highest BCUT2D eigenvalue weighted by atomic mass is 79.9. The molecule has 2 fully saturated rings. The third kappa shape index (κ3) is 3.67. The fourth-order valence-corrected chi connectivity index (χ4v) is 5.74. The van der Waals surface area contributed by atoms with Crippen molar-refractivity contribution in [3.63, 3.8) is 0 Å². The minimum atomic E-state index is -0.371. The van der Waals surface area contributed by atoms with Crippen molar-refractivity contribution < 1.29 is 4.79 Å².